The van der Waals surface area contributed by atoms with Gasteiger partial charge < -0.3 is 14.2 Å². The molecule has 0 bridgehead atoms. The lowest BCUT2D eigenvalue weighted by Gasteiger charge is -2.49. The van der Waals surface area contributed by atoms with Gasteiger partial charge in [-0.2, -0.15) is 5.26 Å². The van der Waals surface area contributed by atoms with Crippen molar-refractivity contribution in [1.82, 2.24) is 4.90 Å². The maximum absolute atomic E-state index is 10.8. The SMILES string of the molecule is C=CC[C@@H]1C(OCc2ccccc2)C(OCc2ccccc2)[C@H](OCc2ccccc2)CN1C(C#N)c1ccc2ccccc2c1. The molecule has 1 aliphatic rings. The molecule has 0 amide bonds. The Morgan fingerprint density at radius 3 is 1.76 bits per heavy atom. The van der Waals surface area contributed by atoms with Crippen molar-refractivity contribution in [3.05, 3.63) is 168 Å². The molecular formula is C41H40N2O3. The zero-order chi connectivity index (χ0) is 31.6. The summed E-state index contributed by atoms with van der Waals surface area (Å²) >= 11 is 0. The summed E-state index contributed by atoms with van der Waals surface area (Å²) in [4.78, 5) is 2.25. The van der Waals surface area contributed by atoms with Crippen LogP contribution in [0.25, 0.3) is 10.8 Å². The van der Waals surface area contributed by atoms with Gasteiger partial charge in [-0.1, -0.05) is 133 Å². The van der Waals surface area contributed by atoms with Gasteiger partial charge in [0.1, 0.15) is 18.2 Å². The van der Waals surface area contributed by atoms with Crippen molar-refractivity contribution in [2.45, 2.75) is 56.6 Å². The molecular weight excluding hydrogens is 568 g/mol. The van der Waals surface area contributed by atoms with E-state index in [1.807, 2.05) is 72.8 Å². The number of benzene rings is 5. The van der Waals surface area contributed by atoms with Crippen molar-refractivity contribution in [3.63, 3.8) is 0 Å². The van der Waals surface area contributed by atoms with Crippen LogP contribution in [0.3, 0.4) is 0 Å². The van der Waals surface area contributed by atoms with Crippen LogP contribution in [-0.4, -0.2) is 35.8 Å². The van der Waals surface area contributed by atoms with Gasteiger partial charge >= 0.3 is 0 Å². The third-order valence-electron chi connectivity index (χ3n) is 8.72. The van der Waals surface area contributed by atoms with Crippen LogP contribution >= 0.6 is 0 Å². The summed E-state index contributed by atoms with van der Waals surface area (Å²) in [5.41, 5.74) is 4.19. The molecule has 5 aromatic carbocycles. The van der Waals surface area contributed by atoms with Gasteiger partial charge in [0.2, 0.25) is 0 Å². The summed E-state index contributed by atoms with van der Waals surface area (Å²) in [5.74, 6) is 0. The number of rotatable bonds is 13. The van der Waals surface area contributed by atoms with Gasteiger partial charge in [-0.25, -0.2) is 0 Å². The average Bonchev–Trinajstić information content (AvgIpc) is 3.11. The van der Waals surface area contributed by atoms with Crippen LogP contribution in [0.15, 0.2) is 146 Å². The molecule has 232 valence electrons. The molecule has 1 aliphatic heterocycles. The monoisotopic (exact) mass is 608 g/mol. The maximum Gasteiger partial charge on any atom is 0.124 e. The molecule has 5 aromatic rings. The highest BCUT2D eigenvalue weighted by atomic mass is 16.6. The standard InChI is InChI=1S/C41H40N2O3/c1-2-14-37-40(45-29-32-17-8-4-9-18-32)41(46-30-33-19-10-5-11-20-33)39(44-28-31-15-6-3-7-16-31)27-43(37)38(26-42)36-24-23-34-21-12-13-22-35(34)25-36/h2-13,15-25,37-41H,1,14,27-30H2/t37-,38?,39-,40?,41?/m1/s1. The van der Waals surface area contributed by atoms with Gasteiger partial charge in [0.15, 0.2) is 0 Å². The lowest BCUT2D eigenvalue weighted by Crippen LogP contribution is -2.63. The van der Waals surface area contributed by atoms with Crippen LogP contribution in [0.2, 0.25) is 0 Å². The predicted molar refractivity (Wildman–Crippen MR) is 183 cm³/mol. The third-order valence-corrected chi connectivity index (χ3v) is 8.72. The minimum atomic E-state index is -0.518. The number of hydrogen-bond donors (Lipinski definition) is 0. The maximum atomic E-state index is 10.8. The lowest BCUT2D eigenvalue weighted by molar-refractivity contribution is -0.206. The van der Waals surface area contributed by atoms with E-state index < -0.39 is 12.1 Å². The number of nitriles is 1. The molecule has 0 aliphatic carbocycles. The minimum Gasteiger partial charge on any atom is -0.369 e. The largest absolute Gasteiger partial charge is 0.369 e. The minimum absolute atomic E-state index is 0.172. The van der Waals surface area contributed by atoms with Crippen molar-refractivity contribution in [2.75, 3.05) is 6.54 Å². The Balaban J connectivity index is 1.38. The second kappa shape index (κ2) is 15.6. The van der Waals surface area contributed by atoms with E-state index in [0.717, 1.165) is 33.0 Å². The van der Waals surface area contributed by atoms with Crippen LogP contribution in [0.4, 0.5) is 0 Å². The van der Waals surface area contributed by atoms with Gasteiger partial charge in [-0.05, 0) is 45.5 Å². The number of likely N-dealkylation sites (tertiary alicyclic amines) is 1. The Labute approximate surface area is 272 Å². The normalized spacial score (nSPS) is 20.6. The van der Waals surface area contributed by atoms with E-state index >= 15 is 0 Å². The molecule has 1 fully saturated rings. The summed E-state index contributed by atoms with van der Waals surface area (Å²) in [6, 6.07) is 47.1. The van der Waals surface area contributed by atoms with Crippen molar-refractivity contribution in [3.8, 4) is 6.07 Å². The van der Waals surface area contributed by atoms with Crippen molar-refractivity contribution in [1.29, 1.82) is 5.26 Å². The summed E-state index contributed by atoms with van der Waals surface area (Å²) in [7, 11) is 0. The molecule has 5 heteroatoms. The molecule has 0 saturated carbocycles. The highest BCUT2D eigenvalue weighted by molar-refractivity contribution is 5.83. The smallest absolute Gasteiger partial charge is 0.124 e. The van der Waals surface area contributed by atoms with E-state index in [1.165, 1.54) is 0 Å². The van der Waals surface area contributed by atoms with Crippen LogP contribution in [0, 0.1) is 11.3 Å². The summed E-state index contributed by atoms with van der Waals surface area (Å²) in [5, 5.41) is 13.0. The molecule has 0 radical (unpaired) electrons. The fraction of sp³-hybridized carbons (Fsp3) is 0.244. The summed E-state index contributed by atoms with van der Waals surface area (Å²) < 4.78 is 20.4. The van der Waals surface area contributed by atoms with Crippen molar-refractivity contribution >= 4 is 10.8 Å². The van der Waals surface area contributed by atoms with Crippen LogP contribution in [0.1, 0.15) is 34.7 Å². The number of piperidine rings is 1. The average molecular weight is 609 g/mol. The molecule has 5 nitrogen and oxygen atoms in total. The third kappa shape index (κ3) is 7.62. The first-order chi connectivity index (χ1) is 22.7. The Morgan fingerprint density at radius 1 is 0.674 bits per heavy atom. The highest BCUT2D eigenvalue weighted by Gasteiger charge is 2.48. The van der Waals surface area contributed by atoms with Crippen molar-refractivity contribution in [2.24, 2.45) is 0 Å². The van der Waals surface area contributed by atoms with Crippen LogP contribution in [-0.2, 0) is 34.0 Å². The topological polar surface area (TPSA) is 54.7 Å². The zero-order valence-electron chi connectivity index (χ0n) is 26.0. The Kier molecular flexibility index (Phi) is 10.7. The van der Waals surface area contributed by atoms with E-state index in [2.05, 4.69) is 84.3 Å². The second-order valence-electron chi connectivity index (χ2n) is 11.8. The van der Waals surface area contributed by atoms with Gasteiger partial charge in [0, 0.05) is 12.6 Å². The van der Waals surface area contributed by atoms with Gasteiger partial charge in [-0.15, -0.1) is 6.58 Å². The number of hydrogen-bond acceptors (Lipinski definition) is 5. The first kappa shape index (κ1) is 31.4. The predicted octanol–water partition coefficient (Wildman–Crippen LogP) is 8.42. The Morgan fingerprint density at radius 2 is 1.20 bits per heavy atom. The van der Waals surface area contributed by atoms with E-state index in [-0.39, 0.29) is 18.2 Å². The Bertz CT molecular complexity index is 1720. The van der Waals surface area contributed by atoms with E-state index in [1.54, 1.807) is 0 Å². The molecule has 1 heterocycles. The first-order valence-electron chi connectivity index (χ1n) is 15.9. The molecule has 1 saturated heterocycles. The summed E-state index contributed by atoms with van der Waals surface area (Å²) in [6.07, 6.45) is 1.41. The molecule has 3 unspecified atom stereocenters. The molecule has 0 N–H and O–H groups in total. The molecule has 0 aromatic heterocycles. The van der Waals surface area contributed by atoms with E-state index in [0.29, 0.717) is 32.8 Å². The summed E-state index contributed by atoms with van der Waals surface area (Å²) in [6.45, 7) is 5.88. The van der Waals surface area contributed by atoms with Gasteiger partial charge in [0.25, 0.3) is 0 Å². The quantitative estimate of drug-likeness (QED) is 0.126. The van der Waals surface area contributed by atoms with E-state index in [4.69, 9.17) is 14.2 Å². The lowest BCUT2D eigenvalue weighted by atomic mass is 9.88. The second-order valence-corrected chi connectivity index (χ2v) is 11.8. The number of nitrogens with zero attached hydrogens (tertiary/aromatic N) is 2. The first-order valence-corrected chi connectivity index (χ1v) is 15.9. The molecule has 5 atom stereocenters. The fourth-order valence-electron chi connectivity index (χ4n) is 6.39. The fourth-order valence-corrected chi connectivity index (χ4v) is 6.39. The Hall–Kier alpha value is -4.57. The van der Waals surface area contributed by atoms with Gasteiger partial charge in [-0.3, -0.25) is 4.90 Å². The highest BCUT2D eigenvalue weighted by Crippen LogP contribution is 2.36. The molecule has 0 spiro atoms. The van der Waals surface area contributed by atoms with Crippen LogP contribution in [0.5, 0.6) is 0 Å². The molecule has 6 rings (SSSR count). The van der Waals surface area contributed by atoms with E-state index in [9.17, 15) is 5.26 Å². The van der Waals surface area contributed by atoms with Gasteiger partial charge in [0.05, 0.1) is 32.0 Å². The van der Waals surface area contributed by atoms with Crippen LogP contribution < -0.4 is 0 Å². The zero-order valence-corrected chi connectivity index (χ0v) is 26.0. The number of fused-ring (bicyclic) bond motifs is 1. The van der Waals surface area contributed by atoms with Crippen molar-refractivity contribution < 1.29 is 14.2 Å². The number of ether oxygens (including phenoxy) is 3. The molecule has 46 heavy (non-hydrogen) atoms.